The first kappa shape index (κ1) is 16.4. The number of rotatable bonds is 6. The Morgan fingerprint density at radius 3 is 2.56 bits per heavy atom. The number of ether oxygens (including phenoxy) is 1. The Hall–Kier alpha value is -3.46. The standard InChI is InChI=1S/C19H15N3O3/c20-12-14-6-8-15(9-7-14)13-24-18(23)11-10-17-21-22-19(25-17)16-4-2-1-3-5-16/h1-9H,10-11,13H2. The van der Waals surface area contributed by atoms with Gasteiger partial charge in [-0.25, -0.2) is 0 Å². The molecule has 0 spiro atoms. The fourth-order valence-electron chi connectivity index (χ4n) is 2.17. The molecule has 0 radical (unpaired) electrons. The van der Waals surface area contributed by atoms with Crippen LogP contribution in [0, 0.1) is 11.3 Å². The molecule has 0 fully saturated rings. The number of aryl methyl sites for hydroxylation is 1. The molecule has 0 amide bonds. The molecule has 0 aliphatic rings. The number of nitrogens with zero attached hydrogens (tertiary/aromatic N) is 3. The van der Waals surface area contributed by atoms with Gasteiger partial charge in [-0.1, -0.05) is 30.3 Å². The Morgan fingerprint density at radius 2 is 1.84 bits per heavy atom. The zero-order valence-electron chi connectivity index (χ0n) is 13.4. The highest BCUT2D eigenvalue weighted by Crippen LogP contribution is 2.17. The van der Waals surface area contributed by atoms with E-state index in [1.165, 1.54) is 0 Å². The predicted molar refractivity (Wildman–Crippen MR) is 89.0 cm³/mol. The van der Waals surface area contributed by atoms with Gasteiger partial charge in [0, 0.05) is 12.0 Å². The number of nitriles is 1. The molecule has 1 aromatic heterocycles. The van der Waals surface area contributed by atoms with Crippen molar-refractivity contribution < 1.29 is 13.9 Å². The van der Waals surface area contributed by atoms with Crippen LogP contribution in [0.5, 0.6) is 0 Å². The minimum absolute atomic E-state index is 0.159. The molecule has 0 aliphatic carbocycles. The summed E-state index contributed by atoms with van der Waals surface area (Å²) in [7, 11) is 0. The topological polar surface area (TPSA) is 89.0 Å². The van der Waals surface area contributed by atoms with Gasteiger partial charge in [0.15, 0.2) is 0 Å². The summed E-state index contributed by atoms with van der Waals surface area (Å²) in [6.07, 6.45) is 0.485. The van der Waals surface area contributed by atoms with Crippen LogP contribution in [-0.4, -0.2) is 16.2 Å². The minimum atomic E-state index is -0.344. The van der Waals surface area contributed by atoms with Crippen LogP contribution < -0.4 is 0 Å². The summed E-state index contributed by atoms with van der Waals surface area (Å²) in [6.45, 7) is 0.170. The van der Waals surface area contributed by atoms with Crippen molar-refractivity contribution in [3.63, 3.8) is 0 Å². The van der Waals surface area contributed by atoms with Gasteiger partial charge in [-0.15, -0.1) is 10.2 Å². The molecule has 3 rings (SSSR count). The monoisotopic (exact) mass is 333 g/mol. The SMILES string of the molecule is N#Cc1ccc(COC(=O)CCc2nnc(-c3ccccc3)o2)cc1. The number of hydrogen-bond acceptors (Lipinski definition) is 6. The molecular formula is C19H15N3O3. The molecule has 2 aromatic carbocycles. The van der Waals surface area contributed by atoms with Crippen LogP contribution in [0.2, 0.25) is 0 Å². The van der Waals surface area contributed by atoms with Crippen molar-refractivity contribution in [2.24, 2.45) is 0 Å². The number of carbonyl (C=O) groups is 1. The maximum Gasteiger partial charge on any atom is 0.306 e. The van der Waals surface area contributed by atoms with E-state index in [-0.39, 0.29) is 19.0 Å². The van der Waals surface area contributed by atoms with Crippen LogP contribution >= 0.6 is 0 Å². The highest BCUT2D eigenvalue weighted by atomic mass is 16.5. The van der Waals surface area contributed by atoms with E-state index in [9.17, 15) is 4.79 Å². The van der Waals surface area contributed by atoms with E-state index >= 15 is 0 Å². The fourth-order valence-corrected chi connectivity index (χ4v) is 2.17. The summed E-state index contributed by atoms with van der Waals surface area (Å²) < 4.78 is 10.8. The average Bonchev–Trinajstić information content (AvgIpc) is 3.15. The second-order valence-corrected chi connectivity index (χ2v) is 5.34. The van der Waals surface area contributed by atoms with Crippen LogP contribution in [0.25, 0.3) is 11.5 Å². The Labute approximate surface area is 144 Å². The van der Waals surface area contributed by atoms with Crippen molar-refractivity contribution in [3.05, 3.63) is 71.6 Å². The normalized spacial score (nSPS) is 10.2. The molecule has 0 unspecified atom stereocenters. The second kappa shape index (κ2) is 7.88. The molecule has 0 bridgehead atoms. The van der Waals surface area contributed by atoms with Crippen LogP contribution in [0.4, 0.5) is 0 Å². The molecule has 0 aliphatic heterocycles. The number of aromatic nitrogens is 2. The minimum Gasteiger partial charge on any atom is -0.461 e. The maximum atomic E-state index is 11.8. The van der Waals surface area contributed by atoms with Gasteiger partial charge in [0.2, 0.25) is 11.8 Å². The molecule has 6 heteroatoms. The Balaban J connectivity index is 1.47. The summed E-state index contributed by atoms with van der Waals surface area (Å²) in [5.74, 6) is 0.486. The van der Waals surface area contributed by atoms with E-state index < -0.39 is 0 Å². The van der Waals surface area contributed by atoms with Crippen LogP contribution in [0.1, 0.15) is 23.4 Å². The summed E-state index contributed by atoms with van der Waals surface area (Å²) in [5, 5.41) is 16.7. The Kier molecular flexibility index (Phi) is 5.17. The number of benzene rings is 2. The Bertz CT molecular complexity index is 880. The first-order chi connectivity index (χ1) is 12.2. The third-order valence-electron chi connectivity index (χ3n) is 3.51. The molecule has 1 heterocycles. The van der Waals surface area contributed by atoms with Gasteiger partial charge in [0.1, 0.15) is 6.61 Å². The van der Waals surface area contributed by atoms with E-state index in [2.05, 4.69) is 10.2 Å². The molecular weight excluding hydrogens is 318 g/mol. The second-order valence-electron chi connectivity index (χ2n) is 5.34. The molecule has 0 atom stereocenters. The molecule has 0 saturated carbocycles. The van der Waals surface area contributed by atoms with Crippen LogP contribution in [0.3, 0.4) is 0 Å². The lowest BCUT2D eigenvalue weighted by atomic mass is 10.2. The first-order valence-electron chi connectivity index (χ1n) is 7.77. The van der Waals surface area contributed by atoms with Crippen molar-refractivity contribution in [2.45, 2.75) is 19.4 Å². The van der Waals surface area contributed by atoms with E-state index in [0.29, 0.717) is 23.8 Å². The van der Waals surface area contributed by atoms with Gasteiger partial charge < -0.3 is 9.15 Å². The zero-order chi connectivity index (χ0) is 17.5. The van der Waals surface area contributed by atoms with Crippen LogP contribution in [0.15, 0.2) is 59.0 Å². The van der Waals surface area contributed by atoms with Gasteiger partial charge in [-0.2, -0.15) is 5.26 Å². The van der Waals surface area contributed by atoms with Crippen molar-refractivity contribution in [3.8, 4) is 17.5 Å². The summed E-state index contributed by atoms with van der Waals surface area (Å²) in [4.78, 5) is 11.8. The molecule has 6 nitrogen and oxygen atoms in total. The smallest absolute Gasteiger partial charge is 0.306 e. The lowest BCUT2D eigenvalue weighted by Gasteiger charge is -2.04. The fraction of sp³-hybridized carbons (Fsp3) is 0.158. The van der Waals surface area contributed by atoms with E-state index in [1.807, 2.05) is 36.4 Å². The summed E-state index contributed by atoms with van der Waals surface area (Å²) in [6, 6.07) is 18.4. The first-order valence-corrected chi connectivity index (χ1v) is 7.77. The molecule has 25 heavy (non-hydrogen) atoms. The predicted octanol–water partition coefficient (Wildman–Crippen LogP) is 3.28. The van der Waals surface area contributed by atoms with E-state index in [4.69, 9.17) is 14.4 Å². The van der Waals surface area contributed by atoms with Gasteiger partial charge in [-0.05, 0) is 29.8 Å². The maximum absolute atomic E-state index is 11.8. The van der Waals surface area contributed by atoms with Gasteiger partial charge >= 0.3 is 5.97 Å². The number of esters is 1. The van der Waals surface area contributed by atoms with Crippen LogP contribution in [-0.2, 0) is 22.6 Å². The van der Waals surface area contributed by atoms with Crippen molar-refractivity contribution in [1.29, 1.82) is 5.26 Å². The molecule has 3 aromatic rings. The molecule has 0 N–H and O–H groups in total. The van der Waals surface area contributed by atoms with E-state index in [0.717, 1.165) is 11.1 Å². The molecule has 0 saturated heterocycles. The Morgan fingerprint density at radius 1 is 1.08 bits per heavy atom. The van der Waals surface area contributed by atoms with Crippen molar-refractivity contribution in [1.82, 2.24) is 10.2 Å². The third-order valence-corrected chi connectivity index (χ3v) is 3.51. The average molecular weight is 333 g/mol. The molecule has 124 valence electrons. The lowest BCUT2D eigenvalue weighted by Crippen LogP contribution is -2.06. The summed E-state index contributed by atoms with van der Waals surface area (Å²) >= 11 is 0. The number of carbonyl (C=O) groups excluding carboxylic acids is 1. The highest BCUT2D eigenvalue weighted by Gasteiger charge is 2.11. The third kappa shape index (κ3) is 4.52. The summed E-state index contributed by atoms with van der Waals surface area (Å²) in [5.41, 5.74) is 2.24. The lowest BCUT2D eigenvalue weighted by molar-refractivity contribution is -0.145. The largest absolute Gasteiger partial charge is 0.461 e. The van der Waals surface area contributed by atoms with Gasteiger partial charge in [-0.3, -0.25) is 4.79 Å². The highest BCUT2D eigenvalue weighted by molar-refractivity contribution is 5.69. The van der Waals surface area contributed by atoms with E-state index in [1.54, 1.807) is 24.3 Å². The zero-order valence-corrected chi connectivity index (χ0v) is 13.4. The van der Waals surface area contributed by atoms with Crippen molar-refractivity contribution in [2.75, 3.05) is 0 Å². The van der Waals surface area contributed by atoms with Crippen molar-refractivity contribution >= 4 is 5.97 Å². The van der Waals surface area contributed by atoms with Gasteiger partial charge in [0.25, 0.3) is 0 Å². The quantitative estimate of drug-likeness (QED) is 0.643. The van der Waals surface area contributed by atoms with Gasteiger partial charge in [0.05, 0.1) is 18.1 Å². The number of hydrogen-bond donors (Lipinski definition) is 0.